The predicted molar refractivity (Wildman–Crippen MR) is 114 cm³/mol. The zero-order valence-electron chi connectivity index (χ0n) is 16.3. The van der Waals surface area contributed by atoms with Crippen molar-refractivity contribution in [1.82, 2.24) is 10.3 Å². The summed E-state index contributed by atoms with van der Waals surface area (Å²) in [5, 5.41) is 4.43. The minimum Gasteiger partial charge on any atom is -0.369 e. The van der Waals surface area contributed by atoms with E-state index in [1.165, 1.54) is 16.8 Å². The van der Waals surface area contributed by atoms with Crippen LogP contribution < -0.4 is 10.3 Å². The number of hydrogen-bond donors (Lipinski definition) is 1. The molecule has 0 radical (unpaired) electrons. The lowest BCUT2D eigenvalue weighted by Gasteiger charge is -2.36. The van der Waals surface area contributed by atoms with Crippen molar-refractivity contribution >= 4 is 17.3 Å². The number of piperazine rings is 1. The SMILES string of the molecule is O=C(CCN1CCN(c2ccccc2)CC1)N/N=C1/CCCc2ccccc21. The molecular weight excluding hydrogens is 348 g/mol. The molecule has 1 saturated heterocycles. The first kappa shape index (κ1) is 18.7. The van der Waals surface area contributed by atoms with E-state index in [9.17, 15) is 4.79 Å². The molecule has 2 aliphatic rings. The predicted octanol–water partition coefficient (Wildman–Crippen LogP) is 3.06. The molecule has 0 aromatic heterocycles. The summed E-state index contributed by atoms with van der Waals surface area (Å²) < 4.78 is 0. The van der Waals surface area contributed by atoms with Crippen molar-refractivity contribution in [2.75, 3.05) is 37.6 Å². The summed E-state index contributed by atoms with van der Waals surface area (Å²) >= 11 is 0. The molecule has 1 fully saturated rings. The van der Waals surface area contributed by atoms with Crippen molar-refractivity contribution in [2.45, 2.75) is 25.7 Å². The Balaban J connectivity index is 1.23. The number of benzene rings is 2. The van der Waals surface area contributed by atoms with Gasteiger partial charge in [0.2, 0.25) is 5.91 Å². The Labute approximate surface area is 167 Å². The zero-order valence-corrected chi connectivity index (χ0v) is 16.3. The van der Waals surface area contributed by atoms with Crippen LogP contribution in [0.25, 0.3) is 0 Å². The molecule has 5 heteroatoms. The lowest BCUT2D eigenvalue weighted by Crippen LogP contribution is -2.47. The second kappa shape index (κ2) is 9.02. The van der Waals surface area contributed by atoms with Crippen LogP contribution in [-0.2, 0) is 11.2 Å². The molecule has 0 saturated carbocycles. The third-order valence-corrected chi connectivity index (χ3v) is 5.65. The molecule has 2 aromatic carbocycles. The van der Waals surface area contributed by atoms with Crippen LogP contribution in [0.5, 0.6) is 0 Å². The normalized spacial score (nSPS) is 18.7. The monoisotopic (exact) mass is 376 g/mol. The van der Waals surface area contributed by atoms with Crippen molar-refractivity contribution < 1.29 is 4.79 Å². The number of nitrogens with one attached hydrogen (secondary N) is 1. The number of amides is 1. The first-order valence-corrected chi connectivity index (χ1v) is 10.3. The van der Waals surface area contributed by atoms with Gasteiger partial charge in [0.15, 0.2) is 0 Å². The number of carbonyl (C=O) groups is 1. The summed E-state index contributed by atoms with van der Waals surface area (Å²) in [6, 6.07) is 18.9. The van der Waals surface area contributed by atoms with Gasteiger partial charge in [0.25, 0.3) is 0 Å². The molecule has 0 spiro atoms. The summed E-state index contributed by atoms with van der Waals surface area (Å²) in [7, 11) is 0. The van der Waals surface area contributed by atoms with Gasteiger partial charge < -0.3 is 4.90 Å². The topological polar surface area (TPSA) is 47.9 Å². The van der Waals surface area contributed by atoms with E-state index in [0.717, 1.165) is 57.7 Å². The van der Waals surface area contributed by atoms with Gasteiger partial charge in [-0.2, -0.15) is 5.10 Å². The molecule has 146 valence electrons. The van der Waals surface area contributed by atoms with Gasteiger partial charge >= 0.3 is 0 Å². The summed E-state index contributed by atoms with van der Waals surface area (Å²) in [4.78, 5) is 17.0. The summed E-state index contributed by atoms with van der Waals surface area (Å²) in [6.45, 7) is 4.78. The molecule has 0 bridgehead atoms. The third kappa shape index (κ3) is 4.60. The summed E-state index contributed by atoms with van der Waals surface area (Å²) in [5.41, 5.74) is 7.58. The number of hydrazone groups is 1. The fourth-order valence-electron chi connectivity index (χ4n) is 4.03. The average molecular weight is 377 g/mol. The number of rotatable bonds is 5. The van der Waals surface area contributed by atoms with Crippen molar-refractivity contribution in [3.63, 3.8) is 0 Å². The Hall–Kier alpha value is -2.66. The lowest BCUT2D eigenvalue weighted by molar-refractivity contribution is -0.121. The van der Waals surface area contributed by atoms with E-state index in [1.54, 1.807) is 0 Å². The highest BCUT2D eigenvalue weighted by atomic mass is 16.2. The quantitative estimate of drug-likeness (QED) is 0.816. The Morgan fingerprint density at radius 3 is 2.50 bits per heavy atom. The van der Waals surface area contributed by atoms with Gasteiger partial charge in [-0.3, -0.25) is 9.69 Å². The van der Waals surface area contributed by atoms with Gasteiger partial charge in [0, 0.05) is 50.4 Å². The minimum atomic E-state index is 0.000966. The van der Waals surface area contributed by atoms with E-state index >= 15 is 0 Å². The van der Waals surface area contributed by atoms with E-state index in [4.69, 9.17) is 0 Å². The number of nitrogens with zero attached hydrogens (tertiary/aromatic N) is 3. The van der Waals surface area contributed by atoms with E-state index in [0.29, 0.717) is 6.42 Å². The molecule has 1 aliphatic carbocycles. The van der Waals surface area contributed by atoms with E-state index in [1.807, 2.05) is 12.1 Å². The largest absolute Gasteiger partial charge is 0.369 e. The summed E-state index contributed by atoms with van der Waals surface area (Å²) in [5.74, 6) is 0.000966. The molecule has 1 heterocycles. The van der Waals surface area contributed by atoms with Crippen LogP contribution in [0.3, 0.4) is 0 Å². The molecule has 1 N–H and O–H groups in total. The number of hydrogen-bond acceptors (Lipinski definition) is 4. The standard InChI is InChI=1S/C23H28N4O/c28-23(25-24-22-12-6-8-19-7-4-5-11-21(19)22)13-14-26-15-17-27(18-16-26)20-9-2-1-3-10-20/h1-5,7,9-11H,6,8,12-18H2,(H,25,28)/b24-22-. The van der Waals surface area contributed by atoms with Gasteiger partial charge in [-0.1, -0.05) is 42.5 Å². The Morgan fingerprint density at radius 2 is 1.68 bits per heavy atom. The van der Waals surface area contributed by atoms with Gasteiger partial charge in [0.05, 0.1) is 5.71 Å². The number of fused-ring (bicyclic) bond motifs is 1. The zero-order chi connectivity index (χ0) is 19.2. The Morgan fingerprint density at radius 1 is 0.929 bits per heavy atom. The molecule has 4 rings (SSSR count). The van der Waals surface area contributed by atoms with Gasteiger partial charge in [0.1, 0.15) is 0 Å². The molecule has 1 amide bonds. The molecule has 28 heavy (non-hydrogen) atoms. The maximum atomic E-state index is 12.3. The van der Waals surface area contributed by atoms with Crippen molar-refractivity contribution in [1.29, 1.82) is 0 Å². The fraction of sp³-hybridized carbons (Fsp3) is 0.391. The van der Waals surface area contributed by atoms with Crippen LogP contribution in [0.15, 0.2) is 59.7 Å². The lowest BCUT2D eigenvalue weighted by atomic mass is 9.90. The van der Waals surface area contributed by atoms with Crippen molar-refractivity contribution in [2.24, 2.45) is 5.10 Å². The van der Waals surface area contributed by atoms with Crippen LogP contribution >= 0.6 is 0 Å². The first-order valence-electron chi connectivity index (χ1n) is 10.3. The van der Waals surface area contributed by atoms with Gasteiger partial charge in [-0.05, 0) is 37.0 Å². The smallest absolute Gasteiger partial charge is 0.241 e. The number of aryl methyl sites for hydroxylation is 1. The maximum absolute atomic E-state index is 12.3. The molecule has 5 nitrogen and oxygen atoms in total. The second-order valence-corrected chi connectivity index (χ2v) is 7.52. The van der Waals surface area contributed by atoms with Crippen LogP contribution in [0, 0.1) is 0 Å². The molecule has 0 unspecified atom stereocenters. The molecule has 0 atom stereocenters. The third-order valence-electron chi connectivity index (χ3n) is 5.65. The highest BCUT2D eigenvalue weighted by molar-refractivity contribution is 6.03. The molecule has 2 aromatic rings. The maximum Gasteiger partial charge on any atom is 0.241 e. The van der Waals surface area contributed by atoms with Gasteiger partial charge in [-0.15, -0.1) is 0 Å². The first-order chi connectivity index (χ1) is 13.8. The highest BCUT2D eigenvalue weighted by Crippen LogP contribution is 2.21. The Kier molecular flexibility index (Phi) is 6.02. The van der Waals surface area contributed by atoms with Crippen molar-refractivity contribution in [3.8, 4) is 0 Å². The van der Waals surface area contributed by atoms with Crippen LogP contribution in [-0.4, -0.2) is 49.2 Å². The average Bonchev–Trinajstić information content (AvgIpc) is 2.77. The number of para-hydroxylation sites is 1. The van der Waals surface area contributed by atoms with Crippen LogP contribution in [0.1, 0.15) is 30.4 Å². The molecular formula is C23H28N4O. The summed E-state index contributed by atoms with van der Waals surface area (Å²) in [6.07, 6.45) is 3.61. The van der Waals surface area contributed by atoms with E-state index < -0.39 is 0 Å². The Bertz CT molecular complexity index is 826. The molecule has 1 aliphatic heterocycles. The van der Waals surface area contributed by atoms with Crippen LogP contribution in [0.4, 0.5) is 5.69 Å². The van der Waals surface area contributed by atoms with E-state index in [2.05, 4.69) is 62.8 Å². The van der Waals surface area contributed by atoms with Crippen molar-refractivity contribution in [3.05, 3.63) is 65.7 Å². The number of carbonyl (C=O) groups excluding carboxylic acids is 1. The fourth-order valence-corrected chi connectivity index (χ4v) is 4.03. The second-order valence-electron chi connectivity index (χ2n) is 7.52. The highest BCUT2D eigenvalue weighted by Gasteiger charge is 2.18. The minimum absolute atomic E-state index is 0.000966. The van der Waals surface area contributed by atoms with E-state index in [-0.39, 0.29) is 5.91 Å². The number of anilines is 1. The van der Waals surface area contributed by atoms with Crippen LogP contribution in [0.2, 0.25) is 0 Å². The van der Waals surface area contributed by atoms with Gasteiger partial charge in [-0.25, -0.2) is 5.43 Å².